The maximum Gasteiger partial charge on any atom is 0.228 e. The smallest absolute Gasteiger partial charge is 0.228 e. The van der Waals surface area contributed by atoms with Crippen molar-refractivity contribution in [3.05, 3.63) is 45.7 Å². The van der Waals surface area contributed by atoms with Gasteiger partial charge in [0, 0.05) is 17.7 Å². The number of benzene rings is 1. The third-order valence-corrected chi connectivity index (χ3v) is 5.34. The van der Waals surface area contributed by atoms with E-state index in [0.29, 0.717) is 23.0 Å². The second-order valence-electron chi connectivity index (χ2n) is 6.01. The molecule has 0 radical (unpaired) electrons. The lowest BCUT2D eigenvalue weighted by Crippen LogP contribution is -2.17. The fourth-order valence-electron chi connectivity index (χ4n) is 2.82. The van der Waals surface area contributed by atoms with Crippen LogP contribution in [0.25, 0.3) is 10.9 Å². The number of fused-ring (bicyclic) bond motifs is 1. The fourth-order valence-corrected chi connectivity index (χ4v) is 3.84. The SMILES string of the molecule is CCC(CC)c1nnc(NC(=O)CCn2ncc(=O)c3ccccc32)s1. The molecule has 2 aromatic heterocycles. The summed E-state index contributed by atoms with van der Waals surface area (Å²) in [6.45, 7) is 4.62. The van der Waals surface area contributed by atoms with Crippen LogP contribution in [0.2, 0.25) is 0 Å². The first kappa shape index (κ1) is 18.2. The maximum absolute atomic E-state index is 12.2. The Kier molecular flexibility index (Phi) is 5.72. The van der Waals surface area contributed by atoms with Gasteiger partial charge < -0.3 is 5.32 Å². The summed E-state index contributed by atoms with van der Waals surface area (Å²) in [5.41, 5.74) is 0.601. The van der Waals surface area contributed by atoms with Crippen LogP contribution in [0.4, 0.5) is 5.13 Å². The van der Waals surface area contributed by atoms with E-state index < -0.39 is 0 Å². The summed E-state index contributed by atoms with van der Waals surface area (Å²) in [6.07, 6.45) is 3.53. The van der Waals surface area contributed by atoms with Crippen molar-refractivity contribution >= 4 is 33.3 Å². The van der Waals surface area contributed by atoms with Gasteiger partial charge in [-0.05, 0) is 25.0 Å². The van der Waals surface area contributed by atoms with Crippen molar-refractivity contribution in [2.75, 3.05) is 5.32 Å². The Balaban J connectivity index is 1.65. The molecule has 0 saturated carbocycles. The second-order valence-corrected chi connectivity index (χ2v) is 7.02. The summed E-state index contributed by atoms with van der Waals surface area (Å²) >= 11 is 1.43. The van der Waals surface area contributed by atoms with Crippen LogP contribution in [0.3, 0.4) is 0 Å². The fraction of sp³-hybridized carbons (Fsp3) is 0.389. The minimum Gasteiger partial charge on any atom is -0.300 e. The number of para-hydroxylation sites is 1. The van der Waals surface area contributed by atoms with Gasteiger partial charge in [-0.2, -0.15) is 5.10 Å². The molecule has 2 heterocycles. The van der Waals surface area contributed by atoms with Crippen LogP contribution in [-0.2, 0) is 11.3 Å². The highest BCUT2D eigenvalue weighted by Crippen LogP contribution is 2.28. The predicted octanol–water partition coefficient (Wildman–Crippen LogP) is 3.18. The molecule has 0 aliphatic heterocycles. The van der Waals surface area contributed by atoms with Gasteiger partial charge >= 0.3 is 0 Å². The van der Waals surface area contributed by atoms with Crippen LogP contribution >= 0.6 is 11.3 Å². The Morgan fingerprint density at radius 1 is 1.23 bits per heavy atom. The molecule has 0 atom stereocenters. The first-order chi connectivity index (χ1) is 12.6. The van der Waals surface area contributed by atoms with Gasteiger partial charge in [-0.25, -0.2) is 0 Å². The van der Waals surface area contributed by atoms with Crippen LogP contribution in [0.1, 0.15) is 44.0 Å². The third kappa shape index (κ3) is 3.96. The number of rotatable bonds is 7. The summed E-state index contributed by atoms with van der Waals surface area (Å²) in [7, 11) is 0. The Labute approximate surface area is 155 Å². The molecule has 1 aromatic carbocycles. The number of anilines is 1. The first-order valence-corrected chi connectivity index (χ1v) is 9.52. The van der Waals surface area contributed by atoms with Gasteiger partial charge in [0.15, 0.2) is 0 Å². The van der Waals surface area contributed by atoms with Crippen LogP contribution < -0.4 is 10.7 Å². The average Bonchev–Trinajstić information content (AvgIpc) is 3.10. The number of amides is 1. The van der Waals surface area contributed by atoms with Gasteiger partial charge in [-0.3, -0.25) is 14.3 Å². The first-order valence-electron chi connectivity index (χ1n) is 8.70. The zero-order valence-electron chi connectivity index (χ0n) is 14.8. The summed E-state index contributed by atoms with van der Waals surface area (Å²) < 4.78 is 1.67. The van der Waals surface area contributed by atoms with Crippen LogP contribution in [-0.4, -0.2) is 25.9 Å². The van der Waals surface area contributed by atoms with E-state index in [9.17, 15) is 9.59 Å². The quantitative estimate of drug-likeness (QED) is 0.689. The molecule has 7 nitrogen and oxygen atoms in total. The van der Waals surface area contributed by atoms with E-state index in [1.807, 2.05) is 18.2 Å². The van der Waals surface area contributed by atoms with E-state index in [1.165, 1.54) is 17.5 Å². The van der Waals surface area contributed by atoms with Crippen molar-refractivity contribution in [3.8, 4) is 0 Å². The largest absolute Gasteiger partial charge is 0.300 e. The van der Waals surface area contributed by atoms with Crippen LogP contribution in [0.15, 0.2) is 35.3 Å². The van der Waals surface area contributed by atoms with Gasteiger partial charge in [0.25, 0.3) is 0 Å². The molecule has 0 spiro atoms. The summed E-state index contributed by atoms with van der Waals surface area (Å²) in [5.74, 6) is 0.233. The van der Waals surface area contributed by atoms with Crippen molar-refractivity contribution < 1.29 is 4.79 Å². The van der Waals surface area contributed by atoms with E-state index in [4.69, 9.17) is 0 Å². The number of aromatic nitrogens is 4. The topological polar surface area (TPSA) is 89.8 Å². The average molecular weight is 371 g/mol. The van der Waals surface area contributed by atoms with Crippen LogP contribution in [0.5, 0.6) is 0 Å². The molecule has 0 aliphatic rings. The summed E-state index contributed by atoms with van der Waals surface area (Å²) in [5, 5.41) is 17.3. The zero-order chi connectivity index (χ0) is 18.5. The molecule has 26 heavy (non-hydrogen) atoms. The second kappa shape index (κ2) is 8.18. The Bertz CT molecular complexity index is 961. The maximum atomic E-state index is 12.2. The third-order valence-electron chi connectivity index (χ3n) is 4.33. The molecule has 1 amide bonds. The molecule has 0 bridgehead atoms. The number of carbonyl (C=O) groups excluding carboxylic acids is 1. The lowest BCUT2D eigenvalue weighted by Gasteiger charge is -2.08. The van der Waals surface area contributed by atoms with E-state index in [0.717, 1.165) is 23.4 Å². The minimum absolute atomic E-state index is 0.121. The van der Waals surface area contributed by atoms with Gasteiger partial charge in [-0.1, -0.05) is 37.3 Å². The summed E-state index contributed by atoms with van der Waals surface area (Å²) in [6, 6.07) is 7.25. The van der Waals surface area contributed by atoms with Gasteiger partial charge in [0.2, 0.25) is 16.5 Å². The molecule has 0 aliphatic carbocycles. The van der Waals surface area contributed by atoms with E-state index >= 15 is 0 Å². The van der Waals surface area contributed by atoms with E-state index in [2.05, 4.69) is 34.5 Å². The highest BCUT2D eigenvalue weighted by Gasteiger charge is 2.14. The standard InChI is InChI=1S/C18H21N5O2S/c1-3-12(4-2)17-21-22-18(26-17)20-16(25)9-10-23-14-8-6-5-7-13(14)15(24)11-19-23/h5-8,11-12H,3-4,9-10H2,1-2H3,(H,20,22,25). The van der Waals surface area contributed by atoms with Crippen molar-refractivity contribution in [2.45, 2.75) is 45.6 Å². The van der Waals surface area contributed by atoms with Crippen LogP contribution in [0, 0.1) is 0 Å². The summed E-state index contributed by atoms with van der Waals surface area (Å²) in [4.78, 5) is 24.1. The molecule has 3 aromatic rings. The lowest BCUT2D eigenvalue weighted by atomic mass is 10.1. The minimum atomic E-state index is -0.151. The van der Waals surface area contributed by atoms with Gasteiger partial charge in [0.1, 0.15) is 5.01 Å². The van der Waals surface area contributed by atoms with Gasteiger partial charge in [-0.15, -0.1) is 10.2 Å². The number of hydrogen-bond acceptors (Lipinski definition) is 6. The number of nitrogens with one attached hydrogen (secondary N) is 1. The van der Waals surface area contributed by atoms with Crippen molar-refractivity contribution in [2.24, 2.45) is 0 Å². The number of carbonyl (C=O) groups is 1. The molecule has 0 saturated heterocycles. The molecular weight excluding hydrogens is 350 g/mol. The number of nitrogens with zero attached hydrogens (tertiary/aromatic N) is 4. The Morgan fingerprint density at radius 2 is 2.00 bits per heavy atom. The predicted molar refractivity (Wildman–Crippen MR) is 102 cm³/mol. The molecule has 0 unspecified atom stereocenters. The zero-order valence-corrected chi connectivity index (χ0v) is 15.6. The number of aryl methyl sites for hydroxylation is 1. The highest BCUT2D eigenvalue weighted by atomic mass is 32.1. The van der Waals surface area contributed by atoms with Crippen molar-refractivity contribution in [1.82, 2.24) is 20.0 Å². The Morgan fingerprint density at radius 3 is 2.77 bits per heavy atom. The number of hydrogen-bond donors (Lipinski definition) is 1. The lowest BCUT2D eigenvalue weighted by molar-refractivity contribution is -0.116. The Hall–Kier alpha value is -2.61. The molecule has 0 fully saturated rings. The highest BCUT2D eigenvalue weighted by molar-refractivity contribution is 7.15. The molecular formula is C18H21N5O2S. The molecule has 136 valence electrons. The van der Waals surface area contributed by atoms with E-state index in [1.54, 1.807) is 10.7 Å². The molecule has 8 heteroatoms. The van der Waals surface area contributed by atoms with Crippen molar-refractivity contribution in [3.63, 3.8) is 0 Å². The van der Waals surface area contributed by atoms with Crippen molar-refractivity contribution in [1.29, 1.82) is 0 Å². The van der Waals surface area contributed by atoms with Gasteiger partial charge in [0.05, 0.1) is 18.3 Å². The monoisotopic (exact) mass is 371 g/mol. The molecule has 1 N–H and O–H groups in total. The molecule has 3 rings (SSSR count). The van der Waals surface area contributed by atoms with E-state index in [-0.39, 0.29) is 17.8 Å². The normalized spacial score (nSPS) is 11.2.